The lowest BCUT2D eigenvalue weighted by atomic mass is 10.1. The van der Waals surface area contributed by atoms with Gasteiger partial charge in [0, 0.05) is 16.8 Å². The van der Waals surface area contributed by atoms with Gasteiger partial charge in [0.1, 0.15) is 19.0 Å². The normalized spacial score (nSPS) is 12.3. The van der Waals surface area contributed by atoms with Gasteiger partial charge in [0.25, 0.3) is 0 Å². The Morgan fingerprint density at radius 2 is 1.52 bits per heavy atom. The topological polar surface area (TPSA) is 60.5 Å². The first-order valence-electron chi connectivity index (χ1n) is 10.7. The predicted octanol–water partition coefficient (Wildman–Crippen LogP) is 5.51. The van der Waals surface area contributed by atoms with Crippen LogP contribution in [-0.2, 0) is 11.2 Å². The molecule has 0 spiro atoms. The van der Waals surface area contributed by atoms with Gasteiger partial charge in [0.2, 0.25) is 5.91 Å². The van der Waals surface area contributed by atoms with Gasteiger partial charge in [-0.05, 0) is 60.2 Å². The second kappa shape index (κ2) is 9.12. The van der Waals surface area contributed by atoms with Crippen LogP contribution < -0.4 is 14.8 Å². The molecule has 2 heterocycles. The van der Waals surface area contributed by atoms with Crippen molar-refractivity contribution in [2.24, 2.45) is 0 Å². The highest BCUT2D eigenvalue weighted by molar-refractivity contribution is 5.92. The van der Waals surface area contributed by atoms with Crippen LogP contribution in [0.2, 0.25) is 0 Å². The van der Waals surface area contributed by atoms with Crippen LogP contribution in [0.15, 0.2) is 84.9 Å². The first-order valence-corrected chi connectivity index (χ1v) is 10.7. The summed E-state index contributed by atoms with van der Waals surface area (Å²) < 4.78 is 24.4. The van der Waals surface area contributed by atoms with Crippen molar-refractivity contribution in [2.75, 3.05) is 18.5 Å². The highest BCUT2D eigenvalue weighted by Crippen LogP contribution is 2.34. The number of fused-ring (bicyclic) bond motifs is 1. The Balaban J connectivity index is 1.34. The summed E-state index contributed by atoms with van der Waals surface area (Å²) in [6.07, 6.45) is 0.169. The number of hydrogen-bond donors (Lipinski definition) is 1. The van der Waals surface area contributed by atoms with Crippen molar-refractivity contribution in [1.82, 2.24) is 4.98 Å². The molecule has 0 radical (unpaired) electrons. The molecule has 5 rings (SSSR count). The Hall–Kier alpha value is -4.19. The number of benzene rings is 3. The van der Waals surface area contributed by atoms with Gasteiger partial charge in [0.15, 0.2) is 11.5 Å². The molecule has 164 valence electrons. The molecular weight excluding hydrogens is 419 g/mol. The number of halogens is 1. The molecule has 0 saturated carbocycles. The van der Waals surface area contributed by atoms with Crippen LogP contribution in [0.1, 0.15) is 5.56 Å². The van der Waals surface area contributed by atoms with Gasteiger partial charge in [-0.15, -0.1) is 0 Å². The standard InChI is InChI=1S/C27H21FN2O3/c28-21-10-7-18(8-11-21)15-27(31)29-22-4-1-3-19(16-22)23-5-2-6-24(30-23)20-9-12-25-26(17-20)33-14-13-32-25/h1-12,16-17H,13-15H2,(H,29,31). The molecule has 1 aliphatic rings. The average molecular weight is 440 g/mol. The summed E-state index contributed by atoms with van der Waals surface area (Å²) in [5, 5.41) is 2.90. The summed E-state index contributed by atoms with van der Waals surface area (Å²) >= 11 is 0. The second-order valence-electron chi connectivity index (χ2n) is 7.70. The molecule has 0 saturated heterocycles. The zero-order valence-electron chi connectivity index (χ0n) is 17.8. The Morgan fingerprint density at radius 1 is 0.818 bits per heavy atom. The van der Waals surface area contributed by atoms with Crippen LogP contribution in [0, 0.1) is 5.82 Å². The minimum atomic E-state index is -0.321. The maximum atomic E-state index is 13.1. The van der Waals surface area contributed by atoms with Gasteiger partial charge in [-0.1, -0.05) is 30.3 Å². The van der Waals surface area contributed by atoms with Crippen molar-refractivity contribution in [1.29, 1.82) is 0 Å². The van der Waals surface area contributed by atoms with E-state index in [1.807, 2.05) is 60.7 Å². The van der Waals surface area contributed by atoms with Crippen molar-refractivity contribution in [3.63, 3.8) is 0 Å². The lowest BCUT2D eigenvalue weighted by molar-refractivity contribution is -0.115. The van der Waals surface area contributed by atoms with E-state index in [1.165, 1.54) is 12.1 Å². The first kappa shape index (κ1) is 20.7. The Morgan fingerprint density at radius 3 is 2.30 bits per heavy atom. The molecule has 1 aliphatic heterocycles. The maximum Gasteiger partial charge on any atom is 0.228 e. The number of nitrogens with one attached hydrogen (secondary N) is 1. The number of rotatable bonds is 5. The van der Waals surface area contributed by atoms with E-state index in [-0.39, 0.29) is 18.1 Å². The van der Waals surface area contributed by atoms with Gasteiger partial charge in [-0.2, -0.15) is 0 Å². The molecule has 1 amide bonds. The first-order chi connectivity index (χ1) is 16.1. The third kappa shape index (κ3) is 4.85. The fraction of sp³-hybridized carbons (Fsp3) is 0.111. The molecule has 3 aromatic carbocycles. The summed E-state index contributed by atoms with van der Waals surface area (Å²) in [6, 6.07) is 25.1. The van der Waals surface area contributed by atoms with E-state index in [9.17, 15) is 9.18 Å². The minimum Gasteiger partial charge on any atom is -0.486 e. The maximum absolute atomic E-state index is 13.1. The molecule has 1 N–H and O–H groups in total. The van der Waals surface area contributed by atoms with Crippen LogP contribution in [0.3, 0.4) is 0 Å². The van der Waals surface area contributed by atoms with E-state index < -0.39 is 0 Å². The molecule has 1 aromatic heterocycles. The molecule has 0 aliphatic carbocycles. The monoisotopic (exact) mass is 440 g/mol. The smallest absolute Gasteiger partial charge is 0.228 e. The second-order valence-corrected chi connectivity index (χ2v) is 7.70. The molecular formula is C27H21FN2O3. The third-order valence-electron chi connectivity index (χ3n) is 5.31. The molecule has 4 aromatic rings. The van der Waals surface area contributed by atoms with Crippen LogP contribution >= 0.6 is 0 Å². The number of nitrogens with zero attached hydrogens (tertiary/aromatic N) is 1. The predicted molar refractivity (Wildman–Crippen MR) is 125 cm³/mol. The van der Waals surface area contributed by atoms with E-state index >= 15 is 0 Å². The van der Waals surface area contributed by atoms with E-state index in [2.05, 4.69) is 5.32 Å². The van der Waals surface area contributed by atoms with Crippen molar-refractivity contribution >= 4 is 11.6 Å². The minimum absolute atomic E-state index is 0.169. The van der Waals surface area contributed by atoms with Gasteiger partial charge < -0.3 is 14.8 Å². The molecule has 6 heteroatoms. The Kier molecular flexibility index (Phi) is 5.72. The number of aromatic nitrogens is 1. The number of anilines is 1. The van der Waals surface area contributed by atoms with E-state index in [0.29, 0.717) is 18.9 Å². The van der Waals surface area contributed by atoms with E-state index in [4.69, 9.17) is 14.5 Å². The zero-order chi connectivity index (χ0) is 22.6. The van der Waals surface area contributed by atoms with Crippen LogP contribution in [0.4, 0.5) is 10.1 Å². The van der Waals surface area contributed by atoms with Crippen LogP contribution in [-0.4, -0.2) is 24.1 Å². The van der Waals surface area contributed by atoms with Gasteiger partial charge >= 0.3 is 0 Å². The fourth-order valence-corrected chi connectivity index (χ4v) is 3.71. The van der Waals surface area contributed by atoms with E-state index in [1.54, 1.807) is 12.1 Å². The zero-order valence-corrected chi connectivity index (χ0v) is 17.8. The number of carbonyl (C=O) groups excluding carboxylic acids is 1. The molecule has 0 fully saturated rings. The largest absolute Gasteiger partial charge is 0.486 e. The number of amides is 1. The molecule has 0 unspecified atom stereocenters. The SMILES string of the molecule is O=C(Cc1ccc(F)cc1)Nc1cccc(-c2cccc(-c3ccc4c(c3)OCCO4)n2)c1. The summed E-state index contributed by atoms with van der Waals surface area (Å²) in [7, 11) is 0. The Labute approximate surface area is 190 Å². The van der Waals surface area contributed by atoms with Crippen molar-refractivity contribution in [3.05, 3.63) is 96.3 Å². The summed E-state index contributed by atoms with van der Waals surface area (Å²) in [5.74, 6) is 0.969. The molecule has 5 nitrogen and oxygen atoms in total. The van der Waals surface area contributed by atoms with Crippen molar-refractivity contribution < 1.29 is 18.7 Å². The molecule has 0 atom stereocenters. The average Bonchev–Trinajstić information content (AvgIpc) is 2.85. The van der Waals surface area contributed by atoms with Gasteiger partial charge in [-0.25, -0.2) is 9.37 Å². The number of pyridine rings is 1. The fourth-order valence-electron chi connectivity index (χ4n) is 3.71. The van der Waals surface area contributed by atoms with E-state index in [0.717, 1.165) is 39.6 Å². The van der Waals surface area contributed by atoms with Crippen LogP contribution in [0.5, 0.6) is 11.5 Å². The summed E-state index contributed by atoms with van der Waals surface area (Å²) in [5.41, 5.74) is 4.84. The highest BCUT2D eigenvalue weighted by Gasteiger charge is 2.13. The lowest BCUT2D eigenvalue weighted by Crippen LogP contribution is -2.15. The lowest BCUT2D eigenvalue weighted by Gasteiger charge is -2.18. The van der Waals surface area contributed by atoms with Gasteiger partial charge in [0.05, 0.1) is 17.8 Å². The quantitative estimate of drug-likeness (QED) is 0.445. The molecule has 0 bridgehead atoms. The molecule has 33 heavy (non-hydrogen) atoms. The highest BCUT2D eigenvalue weighted by atomic mass is 19.1. The van der Waals surface area contributed by atoms with Gasteiger partial charge in [-0.3, -0.25) is 4.79 Å². The van der Waals surface area contributed by atoms with Crippen LogP contribution in [0.25, 0.3) is 22.5 Å². The number of ether oxygens (including phenoxy) is 2. The van der Waals surface area contributed by atoms with Crippen molar-refractivity contribution in [3.8, 4) is 34.0 Å². The third-order valence-corrected chi connectivity index (χ3v) is 5.31. The van der Waals surface area contributed by atoms with Crippen molar-refractivity contribution in [2.45, 2.75) is 6.42 Å². The number of carbonyl (C=O) groups is 1. The Bertz CT molecular complexity index is 1310. The number of hydrogen-bond acceptors (Lipinski definition) is 4. The summed E-state index contributed by atoms with van der Waals surface area (Å²) in [6.45, 7) is 1.08. The summed E-state index contributed by atoms with van der Waals surface area (Å²) in [4.78, 5) is 17.2.